The first-order valence-electron chi connectivity index (χ1n) is 12.1. The molecule has 10 heteroatoms. The summed E-state index contributed by atoms with van der Waals surface area (Å²) >= 11 is 13.2. The van der Waals surface area contributed by atoms with Crippen molar-refractivity contribution in [2.24, 2.45) is 0 Å². The lowest BCUT2D eigenvalue weighted by atomic mass is 10.1. The van der Waals surface area contributed by atoms with E-state index >= 15 is 0 Å². The summed E-state index contributed by atoms with van der Waals surface area (Å²) < 4.78 is 11.7. The topological polar surface area (TPSA) is 84.9 Å². The molecule has 7 nitrogen and oxygen atoms in total. The molecule has 0 saturated carbocycles. The van der Waals surface area contributed by atoms with Gasteiger partial charge in [0.1, 0.15) is 13.2 Å². The van der Waals surface area contributed by atoms with Crippen molar-refractivity contribution in [3.05, 3.63) is 91.8 Å². The third kappa shape index (κ3) is 6.95. The van der Waals surface area contributed by atoms with Crippen molar-refractivity contribution in [1.29, 1.82) is 0 Å². The highest BCUT2D eigenvalue weighted by molar-refractivity contribution is 8.18. The van der Waals surface area contributed by atoms with Crippen molar-refractivity contribution in [2.45, 2.75) is 27.4 Å². The number of nitrogens with one attached hydrogen (secondary N) is 1. The standard InChI is InChI=1S/C29H26Cl2N2O5S/c1-4-37-23-13-20(12-22(31)27(23)38-16-19-8-10-21(30)11-9-19)14-24-28(35)33(29(36)39-24)15-25(34)32-26-17(2)6-5-7-18(26)3/h5-14H,4,15-16H2,1-3H3,(H,32,34)/b24-14+. The Balaban J connectivity index is 1.50. The lowest BCUT2D eigenvalue weighted by molar-refractivity contribution is -0.127. The molecule has 0 atom stereocenters. The molecule has 1 aliphatic heterocycles. The van der Waals surface area contributed by atoms with Crippen molar-refractivity contribution >= 4 is 63.8 Å². The smallest absolute Gasteiger partial charge is 0.294 e. The van der Waals surface area contributed by atoms with Crippen LogP contribution in [-0.4, -0.2) is 35.1 Å². The molecule has 3 aromatic carbocycles. The zero-order chi connectivity index (χ0) is 28.1. The average molecular weight is 586 g/mol. The summed E-state index contributed by atoms with van der Waals surface area (Å²) in [6.07, 6.45) is 1.55. The molecule has 1 fully saturated rings. The maximum absolute atomic E-state index is 13.0. The first kappa shape index (κ1) is 28.5. The number of ether oxygens (including phenoxy) is 2. The first-order valence-corrected chi connectivity index (χ1v) is 13.7. The molecule has 3 aromatic rings. The van der Waals surface area contributed by atoms with Crippen LogP contribution in [0.3, 0.4) is 0 Å². The minimum atomic E-state index is -0.557. The van der Waals surface area contributed by atoms with E-state index in [1.54, 1.807) is 30.3 Å². The van der Waals surface area contributed by atoms with E-state index in [2.05, 4.69) is 5.32 Å². The number of imide groups is 1. The summed E-state index contributed by atoms with van der Waals surface area (Å²) in [5, 5.41) is 3.19. The minimum absolute atomic E-state index is 0.174. The van der Waals surface area contributed by atoms with Gasteiger partial charge in [-0.15, -0.1) is 0 Å². The fourth-order valence-corrected chi connectivity index (χ4v) is 5.17. The van der Waals surface area contributed by atoms with Gasteiger partial charge < -0.3 is 14.8 Å². The number of halogens is 2. The molecule has 4 rings (SSSR count). The number of benzene rings is 3. The summed E-state index contributed by atoms with van der Waals surface area (Å²) in [6.45, 7) is 5.81. The van der Waals surface area contributed by atoms with Gasteiger partial charge in [-0.25, -0.2) is 0 Å². The highest BCUT2D eigenvalue weighted by atomic mass is 35.5. The second kappa shape index (κ2) is 12.6. The van der Waals surface area contributed by atoms with Gasteiger partial charge in [0.2, 0.25) is 5.91 Å². The maximum Gasteiger partial charge on any atom is 0.294 e. The summed E-state index contributed by atoms with van der Waals surface area (Å²) in [7, 11) is 0. The van der Waals surface area contributed by atoms with Crippen LogP contribution in [0.2, 0.25) is 10.0 Å². The number of hydrogen-bond donors (Lipinski definition) is 1. The Kier molecular flexibility index (Phi) is 9.22. The molecule has 0 aromatic heterocycles. The van der Waals surface area contributed by atoms with E-state index in [9.17, 15) is 14.4 Å². The zero-order valence-electron chi connectivity index (χ0n) is 21.5. The maximum atomic E-state index is 13.0. The van der Waals surface area contributed by atoms with Crippen LogP contribution in [0.15, 0.2) is 59.5 Å². The van der Waals surface area contributed by atoms with Gasteiger partial charge in [-0.1, -0.05) is 53.5 Å². The number of anilines is 1. The molecule has 1 saturated heterocycles. The summed E-state index contributed by atoms with van der Waals surface area (Å²) in [6, 6.07) is 16.2. The minimum Gasteiger partial charge on any atom is -0.490 e. The predicted molar refractivity (Wildman–Crippen MR) is 156 cm³/mol. The van der Waals surface area contributed by atoms with E-state index in [1.807, 2.05) is 51.1 Å². The molecule has 0 aliphatic carbocycles. The van der Waals surface area contributed by atoms with Gasteiger partial charge in [-0.3, -0.25) is 19.3 Å². The molecule has 0 bridgehead atoms. The van der Waals surface area contributed by atoms with Gasteiger partial charge in [0.15, 0.2) is 11.5 Å². The molecule has 1 heterocycles. The summed E-state index contributed by atoms with van der Waals surface area (Å²) in [5.41, 5.74) is 3.89. The Hall–Kier alpha value is -3.46. The number of nitrogens with zero attached hydrogens (tertiary/aromatic N) is 1. The highest BCUT2D eigenvalue weighted by Gasteiger charge is 2.36. The van der Waals surface area contributed by atoms with E-state index in [-0.39, 0.29) is 16.5 Å². The average Bonchev–Trinajstić information content (AvgIpc) is 3.14. The van der Waals surface area contributed by atoms with Gasteiger partial charge in [-0.2, -0.15) is 0 Å². The SMILES string of the molecule is CCOc1cc(/C=C2/SC(=O)N(CC(=O)Nc3c(C)cccc3C)C2=O)cc(Cl)c1OCc1ccc(Cl)cc1. The largest absolute Gasteiger partial charge is 0.490 e. The fraction of sp³-hybridized carbons (Fsp3) is 0.207. The van der Waals surface area contributed by atoms with E-state index < -0.39 is 23.6 Å². The number of amides is 3. The summed E-state index contributed by atoms with van der Waals surface area (Å²) in [4.78, 5) is 39.4. The second-order valence-corrected chi connectivity index (χ2v) is 10.6. The number of aryl methyl sites for hydroxylation is 2. The molecule has 0 radical (unpaired) electrons. The molecule has 0 spiro atoms. The van der Waals surface area contributed by atoms with Gasteiger partial charge in [0.05, 0.1) is 16.5 Å². The molecule has 0 unspecified atom stereocenters. The van der Waals surface area contributed by atoms with Crippen molar-refractivity contribution < 1.29 is 23.9 Å². The molecule has 3 amide bonds. The predicted octanol–water partition coefficient (Wildman–Crippen LogP) is 7.26. The van der Waals surface area contributed by atoms with E-state index in [4.69, 9.17) is 32.7 Å². The van der Waals surface area contributed by atoms with E-state index in [0.717, 1.165) is 33.4 Å². The molecular formula is C29H26Cl2N2O5S. The van der Waals surface area contributed by atoms with E-state index in [1.165, 1.54) is 0 Å². The molecular weight excluding hydrogens is 559 g/mol. The summed E-state index contributed by atoms with van der Waals surface area (Å²) in [5.74, 6) is -0.252. The van der Waals surface area contributed by atoms with Crippen LogP contribution in [0, 0.1) is 13.8 Å². The lowest BCUT2D eigenvalue weighted by Crippen LogP contribution is -2.36. The van der Waals surface area contributed by atoms with Crippen LogP contribution in [0.4, 0.5) is 10.5 Å². The first-order chi connectivity index (χ1) is 18.7. The number of rotatable bonds is 9. The van der Waals surface area contributed by atoms with Crippen LogP contribution >= 0.6 is 35.0 Å². The zero-order valence-corrected chi connectivity index (χ0v) is 23.9. The number of hydrogen-bond acceptors (Lipinski definition) is 6. The third-order valence-electron chi connectivity index (χ3n) is 5.85. The lowest BCUT2D eigenvalue weighted by Gasteiger charge is -2.15. The van der Waals surface area contributed by atoms with Crippen LogP contribution in [0.5, 0.6) is 11.5 Å². The van der Waals surface area contributed by atoms with Crippen molar-refractivity contribution in [3.63, 3.8) is 0 Å². The number of carbonyl (C=O) groups excluding carboxylic acids is 3. The molecule has 1 aliphatic rings. The number of carbonyl (C=O) groups is 3. The van der Waals surface area contributed by atoms with Gasteiger partial charge >= 0.3 is 0 Å². The van der Waals surface area contributed by atoms with Crippen LogP contribution in [-0.2, 0) is 16.2 Å². The van der Waals surface area contributed by atoms with Gasteiger partial charge in [0, 0.05) is 10.7 Å². The number of para-hydroxylation sites is 1. The Morgan fingerprint density at radius 1 is 1.03 bits per heavy atom. The number of thioether (sulfide) groups is 1. The van der Waals surface area contributed by atoms with Crippen LogP contribution in [0.1, 0.15) is 29.2 Å². The van der Waals surface area contributed by atoms with Gasteiger partial charge in [0.25, 0.3) is 11.1 Å². The third-order valence-corrected chi connectivity index (χ3v) is 7.29. The van der Waals surface area contributed by atoms with Crippen molar-refractivity contribution in [2.75, 3.05) is 18.5 Å². The second-order valence-electron chi connectivity index (χ2n) is 8.76. The van der Waals surface area contributed by atoms with Crippen LogP contribution < -0.4 is 14.8 Å². The Bertz CT molecular complexity index is 1440. The monoisotopic (exact) mass is 584 g/mol. The van der Waals surface area contributed by atoms with Gasteiger partial charge in [-0.05, 0) is 85.1 Å². The fourth-order valence-electron chi connectivity index (χ4n) is 3.93. The van der Waals surface area contributed by atoms with Crippen LogP contribution in [0.25, 0.3) is 6.08 Å². The Morgan fingerprint density at radius 3 is 2.38 bits per heavy atom. The van der Waals surface area contributed by atoms with E-state index in [0.29, 0.717) is 34.4 Å². The Labute approximate surface area is 241 Å². The normalized spacial score (nSPS) is 14.2. The quantitative estimate of drug-likeness (QED) is 0.266. The van der Waals surface area contributed by atoms with Crippen molar-refractivity contribution in [1.82, 2.24) is 4.90 Å². The highest BCUT2D eigenvalue weighted by Crippen LogP contribution is 2.39. The van der Waals surface area contributed by atoms with Crippen molar-refractivity contribution in [3.8, 4) is 11.5 Å². The molecule has 202 valence electrons. The molecule has 1 N–H and O–H groups in total. The molecule has 39 heavy (non-hydrogen) atoms. The Morgan fingerprint density at radius 2 is 1.72 bits per heavy atom.